The Morgan fingerprint density at radius 1 is 1.19 bits per heavy atom. The first-order chi connectivity index (χ1) is 12.3. The summed E-state index contributed by atoms with van der Waals surface area (Å²) in [7, 11) is -3.60. The standard InChI is InChI=1S/C19H21ClN2O3S/c1-13(2)19(23)22-10-9-15-11-14(3-8-18(15)22)12-21-26(24,25)17-6-4-16(20)5-7-17/h3-8,11,13,21H,9-10,12H2,1-2H3. The predicted octanol–water partition coefficient (Wildman–Crippen LogP) is 3.36. The number of nitrogens with zero attached hydrogens (tertiary/aromatic N) is 1. The van der Waals surface area contributed by atoms with Gasteiger partial charge in [-0.3, -0.25) is 4.79 Å². The van der Waals surface area contributed by atoms with Crippen LogP contribution in [-0.2, 0) is 27.8 Å². The number of amides is 1. The fourth-order valence-electron chi connectivity index (χ4n) is 2.98. The van der Waals surface area contributed by atoms with Crippen molar-refractivity contribution in [2.75, 3.05) is 11.4 Å². The lowest BCUT2D eigenvalue weighted by Gasteiger charge is -2.19. The molecule has 1 aliphatic heterocycles. The smallest absolute Gasteiger partial charge is 0.240 e. The maximum absolute atomic E-state index is 12.4. The number of benzene rings is 2. The molecule has 2 aromatic carbocycles. The van der Waals surface area contributed by atoms with E-state index < -0.39 is 10.0 Å². The number of anilines is 1. The van der Waals surface area contributed by atoms with Crippen molar-refractivity contribution < 1.29 is 13.2 Å². The molecular weight excluding hydrogens is 372 g/mol. The van der Waals surface area contributed by atoms with Crippen molar-refractivity contribution in [1.29, 1.82) is 0 Å². The van der Waals surface area contributed by atoms with Crippen LogP contribution in [0.4, 0.5) is 5.69 Å². The maximum Gasteiger partial charge on any atom is 0.240 e. The van der Waals surface area contributed by atoms with E-state index in [2.05, 4.69) is 4.72 Å². The van der Waals surface area contributed by atoms with Crippen molar-refractivity contribution >= 4 is 33.2 Å². The predicted molar refractivity (Wildman–Crippen MR) is 103 cm³/mol. The summed E-state index contributed by atoms with van der Waals surface area (Å²) in [5.74, 6) is 0.0618. The number of hydrogen-bond donors (Lipinski definition) is 1. The first-order valence-electron chi connectivity index (χ1n) is 8.46. The summed E-state index contributed by atoms with van der Waals surface area (Å²) >= 11 is 5.80. The molecule has 1 N–H and O–H groups in total. The van der Waals surface area contributed by atoms with E-state index in [1.165, 1.54) is 12.1 Å². The van der Waals surface area contributed by atoms with Gasteiger partial charge in [-0.2, -0.15) is 0 Å². The Labute approximate surface area is 159 Å². The van der Waals surface area contributed by atoms with E-state index in [0.29, 0.717) is 11.6 Å². The highest BCUT2D eigenvalue weighted by Crippen LogP contribution is 2.30. The summed E-state index contributed by atoms with van der Waals surface area (Å²) in [4.78, 5) is 14.2. The highest BCUT2D eigenvalue weighted by molar-refractivity contribution is 7.89. The second kappa shape index (κ2) is 7.39. The van der Waals surface area contributed by atoms with Gasteiger partial charge < -0.3 is 4.90 Å². The summed E-state index contributed by atoms with van der Waals surface area (Å²) in [5, 5.41) is 0.489. The summed E-state index contributed by atoms with van der Waals surface area (Å²) in [6.45, 7) is 4.64. The minimum atomic E-state index is -3.60. The quantitative estimate of drug-likeness (QED) is 0.848. The molecule has 0 bridgehead atoms. The van der Waals surface area contributed by atoms with Gasteiger partial charge in [0.05, 0.1) is 4.90 Å². The van der Waals surface area contributed by atoms with Gasteiger partial charge in [0.15, 0.2) is 0 Å². The maximum atomic E-state index is 12.4. The number of rotatable bonds is 5. The van der Waals surface area contributed by atoms with Crippen molar-refractivity contribution in [3.05, 3.63) is 58.6 Å². The van der Waals surface area contributed by atoms with Gasteiger partial charge in [-0.25, -0.2) is 13.1 Å². The SMILES string of the molecule is CC(C)C(=O)N1CCc2cc(CNS(=O)(=O)c3ccc(Cl)cc3)ccc21. The van der Waals surface area contributed by atoms with Crippen LogP contribution in [0.15, 0.2) is 47.4 Å². The van der Waals surface area contributed by atoms with E-state index in [9.17, 15) is 13.2 Å². The Morgan fingerprint density at radius 3 is 2.54 bits per heavy atom. The van der Waals surface area contributed by atoms with Gasteiger partial charge in [-0.1, -0.05) is 37.6 Å². The molecule has 1 aliphatic rings. The zero-order valence-electron chi connectivity index (χ0n) is 14.7. The molecule has 0 radical (unpaired) electrons. The molecule has 1 heterocycles. The molecule has 0 aliphatic carbocycles. The fourth-order valence-corrected chi connectivity index (χ4v) is 4.12. The minimum absolute atomic E-state index is 0.0492. The molecule has 0 fully saturated rings. The first-order valence-corrected chi connectivity index (χ1v) is 10.3. The second-order valence-corrected chi connectivity index (χ2v) is 8.84. The van der Waals surface area contributed by atoms with E-state index in [1.54, 1.807) is 12.1 Å². The van der Waals surface area contributed by atoms with Crippen LogP contribution in [0.2, 0.25) is 5.02 Å². The summed E-state index contributed by atoms with van der Waals surface area (Å²) < 4.78 is 27.3. The number of hydrogen-bond acceptors (Lipinski definition) is 3. The number of carbonyl (C=O) groups is 1. The second-order valence-electron chi connectivity index (χ2n) is 6.64. The lowest BCUT2D eigenvalue weighted by Crippen LogP contribution is -2.32. The van der Waals surface area contributed by atoms with Gasteiger partial charge in [0.2, 0.25) is 15.9 Å². The zero-order chi connectivity index (χ0) is 18.9. The van der Waals surface area contributed by atoms with E-state index >= 15 is 0 Å². The molecular formula is C19H21ClN2O3S. The number of halogens is 1. The third-order valence-electron chi connectivity index (χ3n) is 4.39. The Balaban J connectivity index is 1.72. The number of sulfonamides is 1. The number of nitrogens with one attached hydrogen (secondary N) is 1. The molecule has 7 heteroatoms. The third kappa shape index (κ3) is 3.92. The van der Waals surface area contributed by atoms with Gasteiger partial charge in [0, 0.05) is 29.7 Å². The molecule has 0 unspecified atom stereocenters. The fraction of sp³-hybridized carbons (Fsp3) is 0.316. The van der Waals surface area contributed by atoms with Crippen LogP contribution in [-0.4, -0.2) is 20.9 Å². The molecule has 1 amide bonds. The van der Waals surface area contributed by atoms with Crippen molar-refractivity contribution in [2.24, 2.45) is 5.92 Å². The molecule has 3 rings (SSSR count). The van der Waals surface area contributed by atoms with Crippen molar-refractivity contribution in [1.82, 2.24) is 4.72 Å². The van der Waals surface area contributed by atoms with E-state index in [4.69, 9.17) is 11.6 Å². The van der Waals surface area contributed by atoms with Gasteiger partial charge in [-0.05, 0) is 47.9 Å². The largest absolute Gasteiger partial charge is 0.312 e. The molecule has 0 atom stereocenters. The average molecular weight is 393 g/mol. The Hall–Kier alpha value is -1.89. The van der Waals surface area contributed by atoms with Crippen LogP contribution in [0.1, 0.15) is 25.0 Å². The van der Waals surface area contributed by atoms with E-state index in [0.717, 1.165) is 23.2 Å². The van der Waals surface area contributed by atoms with Crippen molar-refractivity contribution in [2.45, 2.75) is 31.7 Å². The molecule has 0 spiro atoms. The molecule has 2 aromatic rings. The van der Waals surface area contributed by atoms with Crippen molar-refractivity contribution in [3.8, 4) is 0 Å². The molecule has 0 aromatic heterocycles. The van der Waals surface area contributed by atoms with Gasteiger partial charge in [-0.15, -0.1) is 0 Å². The van der Waals surface area contributed by atoms with Gasteiger partial charge in [0.25, 0.3) is 0 Å². The van der Waals surface area contributed by atoms with Crippen molar-refractivity contribution in [3.63, 3.8) is 0 Å². The third-order valence-corrected chi connectivity index (χ3v) is 6.06. The average Bonchev–Trinajstić information content (AvgIpc) is 3.02. The van der Waals surface area contributed by atoms with Gasteiger partial charge >= 0.3 is 0 Å². The Kier molecular flexibility index (Phi) is 5.37. The van der Waals surface area contributed by atoms with Crippen LogP contribution < -0.4 is 9.62 Å². The monoisotopic (exact) mass is 392 g/mol. The number of carbonyl (C=O) groups excluding carboxylic acids is 1. The minimum Gasteiger partial charge on any atom is -0.312 e. The first kappa shape index (κ1) is 18.9. The topological polar surface area (TPSA) is 66.5 Å². The molecule has 26 heavy (non-hydrogen) atoms. The zero-order valence-corrected chi connectivity index (χ0v) is 16.3. The van der Waals surface area contributed by atoms with E-state index in [1.807, 2.05) is 36.9 Å². The normalized spacial score (nSPS) is 13.9. The molecule has 5 nitrogen and oxygen atoms in total. The van der Waals surface area contributed by atoms with Crippen LogP contribution in [0, 0.1) is 5.92 Å². The summed E-state index contributed by atoms with van der Waals surface area (Å²) in [6.07, 6.45) is 0.783. The molecule has 0 saturated heterocycles. The highest BCUT2D eigenvalue weighted by atomic mass is 35.5. The Bertz CT molecular complexity index is 924. The number of fused-ring (bicyclic) bond motifs is 1. The van der Waals surface area contributed by atoms with Crippen LogP contribution >= 0.6 is 11.6 Å². The van der Waals surface area contributed by atoms with E-state index in [-0.39, 0.29) is 23.3 Å². The van der Waals surface area contributed by atoms with Crippen LogP contribution in [0.5, 0.6) is 0 Å². The Morgan fingerprint density at radius 2 is 1.88 bits per heavy atom. The lowest BCUT2D eigenvalue weighted by atomic mass is 10.1. The van der Waals surface area contributed by atoms with Crippen LogP contribution in [0.25, 0.3) is 0 Å². The van der Waals surface area contributed by atoms with Crippen LogP contribution in [0.3, 0.4) is 0 Å². The summed E-state index contributed by atoms with van der Waals surface area (Å²) in [6, 6.07) is 11.8. The molecule has 0 saturated carbocycles. The highest BCUT2D eigenvalue weighted by Gasteiger charge is 2.26. The van der Waals surface area contributed by atoms with Gasteiger partial charge in [0.1, 0.15) is 0 Å². The summed E-state index contributed by atoms with van der Waals surface area (Å²) in [5.41, 5.74) is 2.86. The molecule has 138 valence electrons. The lowest BCUT2D eigenvalue weighted by molar-refractivity contribution is -0.121.